The van der Waals surface area contributed by atoms with Crippen molar-refractivity contribution in [1.82, 2.24) is 15.0 Å². The monoisotopic (exact) mass is 328 g/mol. The lowest BCUT2D eigenvalue weighted by Crippen LogP contribution is -2.23. The third kappa shape index (κ3) is 3.04. The number of thiophene rings is 1. The smallest absolute Gasteiger partial charge is 0.164 e. The molecule has 3 aromatic rings. The normalized spacial score (nSPS) is 12.5. The van der Waals surface area contributed by atoms with E-state index in [9.17, 15) is 5.11 Å². The number of hydrogen-bond acceptors (Lipinski definition) is 6. The molecule has 0 saturated heterocycles. The average molecular weight is 328 g/mol. The van der Waals surface area contributed by atoms with E-state index < -0.39 is 0 Å². The van der Waals surface area contributed by atoms with E-state index in [0.29, 0.717) is 5.82 Å². The van der Waals surface area contributed by atoms with Crippen molar-refractivity contribution in [3.05, 3.63) is 35.0 Å². The second-order valence-electron chi connectivity index (χ2n) is 5.53. The first-order valence-electron chi connectivity index (χ1n) is 7.69. The lowest BCUT2D eigenvalue weighted by molar-refractivity contribution is 0.271. The minimum atomic E-state index is -0.0190. The Balaban J connectivity index is 2.18. The van der Waals surface area contributed by atoms with E-state index in [1.807, 2.05) is 19.1 Å². The first-order valence-corrected chi connectivity index (χ1v) is 8.51. The van der Waals surface area contributed by atoms with Crippen LogP contribution in [0.4, 0.5) is 5.82 Å². The molecular formula is C17H20N4OS. The number of fused-ring (bicyclic) bond motifs is 1. The summed E-state index contributed by atoms with van der Waals surface area (Å²) < 4.78 is 0. The Morgan fingerprint density at radius 1 is 1.30 bits per heavy atom. The predicted molar refractivity (Wildman–Crippen MR) is 94.9 cm³/mol. The minimum Gasteiger partial charge on any atom is -0.394 e. The molecule has 0 bridgehead atoms. The molecule has 0 aromatic carbocycles. The molecule has 6 heteroatoms. The Bertz CT molecular complexity index is 812. The molecule has 0 radical (unpaired) electrons. The summed E-state index contributed by atoms with van der Waals surface area (Å²) in [7, 11) is 0. The number of aliphatic hydroxyl groups is 1. The molecule has 3 heterocycles. The summed E-state index contributed by atoms with van der Waals surface area (Å²) in [4.78, 5) is 15.8. The van der Waals surface area contributed by atoms with Crippen molar-refractivity contribution in [2.24, 2.45) is 0 Å². The Kier molecular flexibility index (Phi) is 4.54. The zero-order valence-corrected chi connectivity index (χ0v) is 14.3. The molecule has 23 heavy (non-hydrogen) atoms. The van der Waals surface area contributed by atoms with E-state index in [1.165, 1.54) is 10.4 Å². The van der Waals surface area contributed by atoms with Crippen molar-refractivity contribution < 1.29 is 5.11 Å². The van der Waals surface area contributed by atoms with Gasteiger partial charge in [-0.3, -0.25) is 4.98 Å². The van der Waals surface area contributed by atoms with E-state index in [4.69, 9.17) is 9.97 Å². The molecule has 0 spiro atoms. The summed E-state index contributed by atoms with van der Waals surface area (Å²) in [5, 5.41) is 13.9. The molecule has 0 aliphatic heterocycles. The van der Waals surface area contributed by atoms with Gasteiger partial charge in [0, 0.05) is 22.8 Å². The largest absolute Gasteiger partial charge is 0.394 e. The van der Waals surface area contributed by atoms with Gasteiger partial charge in [0.15, 0.2) is 5.82 Å². The van der Waals surface area contributed by atoms with Crippen molar-refractivity contribution in [1.29, 1.82) is 0 Å². The van der Waals surface area contributed by atoms with Crippen LogP contribution in [0.5, 0.6) is 0 Å². The molecular weight excluding hydrogens is 308 g/mol. The average Bonchev–Trinajstić information content (AvgIpc) is 2.87. The maximum absolute atomic E-state index is 9.51. The first-order chi connectivity index (χ1) is 11.1. The molecule has 0 aliphatic carbocycles. The van der Waals surface area contributed by atoms with Crippen LogP contribution in [0.1, 0.15) is 23.8 Å². The van der Waals surface area contributed by atoms with Crippen molar-refractivity contribution in [3.8, 4) is 11.4 Å². The molecule has 2 N–H and O–H groups in total. The van der Waals surface area contributed by atoms with E-state index in [0.717, 1.165) is 28.0 Å². The van der Waals surface area contributed by atoms with Gasteiger partial charge < -0.3 is 10.4 Å². The summed E-state index contributed by atoms with van der Waals surface area (Å²) in [6.45, 7) is 6.30. The Hall–Kier alpha value is -2.05. The molecule has 3 aromatic heterocycles. The summed E-state index contributed by atoms with van der Waals surface area (Å²) in [6.07, 6.45) is 4.33. The van der Waals surface area contributed by atoms with Gasteiger partial charge in [-0.15, -0.1) is 11.3 Å². The molecule has 0 fully saturated rings. The molecule has 3 rings (SSSR count). The lowest BCUT2D eigenvalue weighted by Gasteiger charge is -2.16. The zero-order chi connectivity index (χ0) is 16.4. The van der Waals surface area contributed by atoms with Crippen LogP contribution in [-0.4, -0.2) is 32.7 Å². The number of nitrogens with zero attached hydrogens (tertiary/aromatic N) is 3. The van der Waals surface area contributed by atoms with Gasteiger partial charge in [-0.1, -0.05) is 6.92 Å². The molecule has 0 amide bonds. The van der Waals surface area contributed by atoms with Crippen LogP contribution in [-0.2, 0) is 0 Å². The topological polar surface area (TPSA) is 70.9 Å². The highest BCUT2D eigenvalue weighted by molar-refractivity contribution is 7.18. The van der Waals surface area contributed by atoms with Crippen LogP contribution >= 0.6 is 11.3 Å². The van der Waals surface area contributed by atoms with Gasteiger partial charge in [0.25, 0.3) is 0 Å². The van der Waals surface area contributed by atoms with Gasteiger partial charge in [-0.25, -0.2) is 9.97 Å². The zero-order valence-electron chi connectivity index (χ0n) is 13.5. The van der Waals surface area contributed by atoms with Gasteiger partial charge in [0.1, 0.15) is 10.6 Å². The number of aliphatic hydroxyl groups excluding tert-OH is 1. The number of pyridine rings is 1. The molecule has 0 unspecified atom stereocenters. The molecule has 0 saturated carbocycles. The fourth-order valence-corrected chi connectivity index (χ4v) is 3.48. The number of nitrogens with one attached hydrogen (secondary N) is 1. The van der Waals surface area contributed by atoms with Gasteiger partial charge >= 0.3 is 0 Å². The summed E-state index contributed by atoms with van der Waals surface area (Å²) in [5.41, 5.74) is 2.08. The number of aryl methyl sites for hydroxylation is 2. The van der Waals surface area contributed by atoms with Crippen LogP contribution in [0, 0.1) is 13.8 Å². The highest BCUT2D eigenvalue weighted by Crippen LogP contribution is 2.35. The second-order valence-corrected chi connectivity index (χ2v) is 6.74. The standard InChI is InChI=1S/C17H20N4OS/c1-4-13(9-22)19-16-14-10(2)11(3)23-17(14)21-15(20-16)12-6-5-7-18-8-12/h5-8,13,22H,4,9H2,1-3H3,(H,19,20,21)/t13-/m0/s1. The number of aromatic nitrogens is 3. The van der Waals surface area contributed by atoms with Crippen molar-refractivity contribution in [2.45, 2.75) is 33.2 Å². The first kappa shape index (κ1) is 15.8. The SMILES string of the molecule is CC[C@@H](CO)Nc1nc(-c2cccnc2)nc2sc(C)c(C)c12. The number of rotatable bonds is 5. The van der Waals surface area contributed by atoms with Crippen LogP contribution < -0.4 is 5.32 Å². The maximum Gasteiger partial charge on any atom is 0.164 e. The third-order valence-electron chi connectivity index (χ3n) is 4.00. The van der Waals surface area contributed by atoms with Crippen molar-refractivity contribution in [3.63, 3.8) is 0 Å². The summed E-state index contributed by atoms with van der Waals surface area (Å²) in [6, 6.07) is 3.81. The van der Waals surface area contributed by atoms with Crippen molar-refractivity contribution in [2.75, 3.05) is 11.9 Å². The highest BCUT2D eigenvalue weighted by atomic mass is 32.1. The van der Waals surface area contributed by atoms with Crippen molar-refractivity contribution >= 4 is 27.4 Å². The van der Waals surface area contributed by atoms with E-state index in [2.05, 4.69) is 24.1 Å². The van der Waals surface area contributed by atoms with E-state index >= 15 is 0 Å². The van der Waals surface area contributed by atoms with Crippen LogP contribution in [0.15, 0.2) is 24.5 Å². The van der Waals surface area contributed by atoms with Gasteiger partial charge in [0.05, 0.1) is 18.0 Å². The summed E-state index contributed by atoms with van der Waals surface area (Å²) in [5.74, 6) is 1.44. The lowest BCUT2D eigenvalue weighted by atomic mass is 10.1. The Morgan fingerprint density at radius 2 is 2.13 bits per heavy atom. The van der Waals surface area contributed by atoms with Crippen LogP contribution in [0.25, 0.3) is 21.6 Å². The number of anilines is 1. The van der Waals surface area contributed by atoms with Crippen LogP contribution in [0.3, 0.4) is 0 Å². The molecule has 1 atom stereocenters. The highest BCUT2D eigenvalue weighted by Gasteiger charge is 2.17. The van der Waals surface area contributed by atoms with E-state index in [-0.39, 0.29) is 12.6 Å². The Morgan fingerprint density at radius 3 is 2.78 bits per heavy atom. The second kappa shape index (κ2) is 6.60. The summed E-state index contributed by atoms with van der Waals surface area (Å²) >= 11 is 1.67. The van der Waals surface area contributed by atoms with Gasteiger partial charge in [-0.05, 0) is 38.0 Å². The quantitative estimate of drug-likeness (QED) is 0.749. The molecule has 120 valence electrons. The maximum atomic E-state index is 9.51. The van der Waals surface area contributed by atoms with Crippen LogP contribution in [0.2, 0.25) is 0 Å². The van der Waals surface area contributed by atoms with Gasteiger partial charge in [-0.2, -0.15) is 0 Å². The molecule has 0 aliphatic rings. The van der Waals surface area contributed by atoms with E-state index in [1.54, 1.807) is 23.7 Å². The Labute approximate surface area is 139 Å². The number of hydrogen-bond donors (Lipinski definition) is 2. The minimum absolute atomic E-state index is 0.0190. The molecule has 5 nitrogen and oxygen atoms in total. The van der Waals surface area contributed by atoms with Gasteiger partial charge in [0.2, 0.25) is 0 Å². The fraction of sp³-hybridized carbons (Fsp3) is 0.353. The fourth-order valence-electron chi connectivity index (χ4n) is 2.45. The predicted octanol–water partition coefficient (Wildman–Crippen LogP) is 3.55. The third-order valence-corrected chi connectivity index (χ3v) is 5.10.